The van der Waals surface area contributed by atoms with E-state index in [9.17, 15) is 0 Å². The maximum absolute atomic E-state index is 6.55. The first-order valence-corrected chi connectivity index (χ1v) is 16.8. The smallest absolute Gasteiger partial charge is 0.405 e. The molecule has 40 heavy (non-hydrogen) atoms. The zero-order chi connectivity index (χ0) is 28.9. The zero-order valence-corrected chi connectivity index (χ0v) is 27.0. The van der Waals surface area contributed by atoms with Gasteiger partial charge in [0.2, 0.25) is 0 Å². The van der Waals surface area contributed by atoms with Crippen molar-refractivity contribution in [2.45, 2.75) is 147 Å². The van der Waals surface area contributed by atoms with E-state index in [0.717, 1.165) is 56.7 Å². The predicted molar refractivity (Wildman–Crippen MR) is 167 cm³/mol. The van der Waals surface area contributed by atoms with E-state index in [-0.39, 0.29) is 36.8 Å². The van der Waals surface area contributed by atoms with Gasteiger partial charge in [-0.15, -0.1) is 24.8 Å². The highest BCUT2D eigenvalue weighted by molar-refractivity contribution is 6.59. The molecule has 2 heterocycles. The van der Waals surface area contributed by atoms with E-state index in [2.05, 4.69) is 54.7 Å². The van der Waals surface area contributed by atoms with Gasteiger partial charge < -0.3 is 18.6 Å². The average molecular weight is 573 g/mol. The van der Waals surface area contributed by atoms with Crippen LogP contribution in [0.2, 0.25) is 6.32 Å². The Morgan fingerprint density at radius 3 is 1.82 bits per heavy atom. The highest BCUT2D eigenvalue weighted by Crippen LogP contribution is 2.67. The second kappa shape index (κ2) is 11.7. The minimum atomic E-state index is -0.222. The van der Waals surface area contributed by atoms with Crippen molar-refractivity contribution < 1.29 is 18.6 Å². The van der Waals surface area contributed by atoms with Gasteiger partial charge in [-0.1, -0.05) is 59.1 Å². The normalized spacial score (nSPS) is 42.0. The SMILES string of the molecule is C=CCCCCB1OC2CC3CC(C3(C)C)C2(C)O1.C=CCCCC[C@H](Cl)B1OC2CC3CC(C3(C)C)C2(C)O1. The number of halogens is 1. The van der Waals surface area contributed by atoms with Gasteiger partial charge in [-0.2, -0.15) is 0 Å². The van der Waals surface area contributed by atoms with Crippen LogP contribution in [0.1, 0.15) is 112 Å². The lowest BCUT2D eigenvalue weighted by Crippen LogP contribution is -2.65. The molecule has 0 aromatic heterocycles. The van der Waals surface area contributed by atoms with Crippen molar-refractivity contribution in [2.24, 2.45) is 34.5 Å². The summed E-state index contributed by atoms with van der Waals surface area (Å²) < 4.78 is 25.2. The third-order valence-electron chi connectivity index (χ3n) is 12.5. The monoisotopic (exact) mass is 572 g/mol. The zero-order valence-electron chi connectivity index (χ0n) is 26.3. The summed E-state index contributed by atoms with van der Waals surface area (Å²) in [7, 11) is -0.185. The molecule has 0 aromatic carbocycles. The van der Waals surface area contributed by atoms with Gasteiger partial charge in [0.1, 0.15) is 0 Å². The molecule has 0 aromatic rings. The molecule has 7 heteroatoms. The largest absolute Gasteiger partial charge is 0.476 e. The molecule has 8 fully saturated rings. The van der Waals surface area contributed by atoms with E-state index in [0.29, 0.717) is 28.8 Å². The van der Waals surface area contributed by atoms with Crippen molar-refractivity contribution >= 4 is 25.8 Å². The lowest BCUT2D eigenvalue weighted by Gasteiger charge is -2.64. The first kappa shape index (κ1) is 31.2. The van der Waals surface area contributed by atoms with E-state index >= 15 is 0 Å². The minimum absolute atomic E-state index is 0.0264. The Kier molecular flexibility index (Phi) is 9.10. The molecular formula is C33H55B2ClO4. The number of unbranched alkanes of at least 4 members (excludes halogenated alkanes) is 4. The van der Waals surface area contributed by atoms with Crippen molar-refractivity contribution in [3.05, 3.63) is 25.3 Å². The van der Waals surface area contributed by atoms with Crippen LogP contribution in [0.15, 0.2) is 25.3 Å². The number of hydrogen-bond donors (Lipinski definition) is 0. The number of rotatable bonds is 11. The molecule has 8 unspecified atom stereocenters. The van der Waals surface area contributed by atoms with Crippen molar-refractivity contribution in [1.29, 1.82) is 0 Å². The number of alkyl halides is 1. The predicted octanol–water partition coefficient (Wildman–Crippen LogP) is 8.68. The maximum Gasteiger partial charge on any atom is 0.476 e. The average Bonchev–Trinajstić information content (AvgIpc) is 3.45. The summed E-state index contributed by atoms with van der Waals surface area (Å²) in [6.07, 6.45) is 18.3. The van der Waals surface area contributed by atoms with Crippen molar-refractivity contribution in [3.8, 4) is 0 Å². The van der Waals surface area contributed by atoms with E-state index in [4.69, 9.17) is 30.2 Å². The first-order valence-electron chi connectivity index (χ1n) is 16.4. The topological polar surface area (TPSA) is 36.9 Å². The van der Waals surface area contributed by atoms with E-state index in [1.165, 1.54) is 32.1 Å². The maximum atomic E-state index is 6.55. The Morgan fingerprint density at radius 1 is 0.750 bits per heavy atom. The summed E-state index contributed by atoms with van der Waals surface area (Å²) in [6, 6.07) is 0. The quantitative estimate of drug-likeness (QED) is 0.107. The molecule has 0 N–H and O–H groups in total. The lowest BCUT2D eigenvalue weighted by molar-refractivity contribution is -0.199. The molecule has 4 bridgehead atoms. The van der Waals surface area contributed by atoms with E-state index in [1.807, 2.05) is 12.2 Å². The molecule has 2 aliphatic heterocycles. The van der Waals surface area contributed by atoms with Gasteiger partial charge in [-0.3, -0.25) is 0 Å². The summed E-state index contributed by atoms with van der Waals surface area (Å²) in [5.74, 6) is 2.94. The molecule has 6 aliphatic carbocycles. The van der Waals surface area contributed by atoms with Crippen molar-refractivity contribution in [2.75, 3.05) is 0 Å². The van der Waals surface area contributed by atoms with Crippen LogP contribution in [0.5, 0.6) is 0 Å². The van der Waals surface area contributed by atoms with Crippen LogP contribution in [-0.4, -0.2) is 42.9 Å². The Hall–Kier alpha value is -0.260. The van der Waals surface area contributed by atoms with Crippen molar-refractivity contribution in [1.82, 2.24) is 0 Å². The van der Waals surface area contributed by atoms with Gasteiger partial charge >= 0.3 is 14.2 Å². The van der Waals surface area contributed by atoms with E-state index in [1.54, 1.807) is 0 Å². The van der Waals surface area contributed by atoms with E-state index < -0.39 is 0 Å². The molecule has 224 valence electrons. The molecule has 8 rings (SSSR count). The fourth-order valence-electron chi connectivity index (χ4n) is 9.49. The second-order valence-electron chi connectivity index (χ2n) is 15.4. The standard InChI is InChI=1S/C17H28BClO2.C16H27BO2/c1-5-6-7-8-9-15(19)18-20-14-11-12-10-13(16(12,2)3)17(14,4)21-18;1-5-6-7-8-9-17-18-14-11-12-10-13(15(12,2)3)16(14,4)19-17/h5,12-15H,1,6-11H2,2-4H3;5,12-14H,1,6-11H2,2-4H3/t12?,13?,14?,15-,17?;/m0./s1. The highest BCUT2D eigenvalue weighted by atomic mass is 35.5. The van der Waals surface area contributed by atoms with Gasteiger partial charge in [0.05, 0.1) is 28.7 Å². The van der Waals surface area contributed by atoms with Crippen LogP contribution < -0.4 is 0 Å². The van der Waals surface area contributed by atoms with Crippen LogP contribution >= 0.6 is 11.6 Å². The lowest BCUT2D eigenvalue weighted by atomic mass is 9.43. The fraction of sp³-hybridized carbons (Fsp3) is 0.879. The summed E-state index contributed by atoms with van der Waals surface area (Å²) in [5, 5.41) is -0.0300. The molecule has 4 nitrogen and oxygen atoms in total. The summed E-state index contributed by atoms with van der Waals surface area (Å²) in [5.41, 5.74) is 0.695. The fourth-order valence-corrected chi connectivity index (χ4v) is 9.76. The minimum Gasteiger partial charge on any atom is -0.405 e. The Bertz CT molecular complexity index is 928. The van der Waals surface area contributed by atoms with Gasteiger partial charge in [0.15, 0.2) is 0 Å². The van der Waals surface area contributed by atoms with Crippen LogP contribution in [-0.2, 0) is 18.6 Å². The molecule has 0 spiro atoms. The molecule has 0 amide bonds. The molecule has 8 aliphatic rings. The van der Waals surface area contributed by atoms with Crippen LogP contribution in [0.4, 0.5) is 0 Å². The summed E-state index contributed by atoms with van der Waals surface area (Å²) in [6.45, 7) is 21.7. The Labute approximate surface area is 251 Å². The van der Waals surface area contributed by atoms with Crippen LogP contribution in [0.25, 0.3) is 0 Å². The Balaban J connectivity index is 0.000000162. The third-order valence-corrected chi connectivity index (χ3v) is 12.9. The van der Waals surface area contributed by atoms with Crippen LogP contribution in [0.3, 0.4) is 0 Å². The molecule has 0 radical (unpaired) electrons. The van der Waals surface area contributed by atoms with Crippen molar-refractivity contribution in [3.63, 3.8) is 0 Å². The molecule has 9 atom stereocenters. The van der Waals surface area contributed by atoms with Gasteiger partial charge in [-0.25, -0.2) is 0 Å². The molecule has 2 saturated heterocycles. The highest BCUT2D eigenvalue weighted by Gasteiger charge is 2.69. The second-order valence-corrected chi connectivity index (χ2v) is 16.0. The molecule has 6 saturated carbocycles. The summed E-state index contributed by atoms with van der Waals surface area (Å²) >= 11 is 6.55. The third kappa shape index (κ3) is 5.33. The number of allylic oxidation sites excluding steroid dienone is 2. The van der Waals surface area contributed by atoms with Gasteiger partial charge in [-0.05, 0) is 106 Å². The first-order chi connectivity index (χ1) is 18.9. The molecular weight excluding hydrogens is 517 g/mol. The van der Waals surface area contributed by atoms with Gasteiger partial charge in [0.25, 0.3) is 0 Å². The summed E-state index contributed by atoms with van der Waals surface area (Å²) in [4.78, 5) is 0. The van der Waals surface area contributed by atoms with Gasteiger partial charge in [0, 0.05) is 0 Å². The number of hydrogen-bond acceptors (Lipinski definition) is 4. The Morgan fingerprint density at radius 2 is 1.27 bits per heavy atom. The van der Waals surface area contributed by atoms with Crippen LogP contribution in [0, 0.1) is 34.5 Å².